The summed E-state index contributed by atoms with van der Waals surface area (Å²) in [5.41, 5.74) is 5.16. The zero-order valence-corrected chi connectivity index (χ0v) is 5.73. The van der Waals surface area contributed by atoms with Crippen LogP contribution in [-0.4, -0.2) is 49.9 Å². The summed E-state index contributed by atoms with van der Waals surface area (Å²) in [7, 11) is 5.19. The molecule has 58 valence electrons. The molecular formula is C5H12BNO3. The molecule has 0 heterocycles. The molecule has 0 aromatic rings. The van der Waals surface area contributed by atoms with Crippen molar-refractivity contribution in [2.45, 2.75) is 12.1 Å². The van der Waals surface area contributed by atoms with Gasteiger partial charge in [-0.1, -0.05) is 0 Å². The first-order valence-corrected chi connectivity index (χ1v) is 3.07. The predicted molar refractivity (Wildman–Crippen MR) is 37.6 cm³/mol. The molecule has 0 saturated heterocycles. The first-order valence-electron chi connectivity index (χ1n) is 3.07. The van der Waals surface area contributed by atoms with Gasteiger partial charge in [0.2, 0.25) is 0 Å². The van der Waals surface area contributed by atoms with E-state index in [4.69, 9.17) is 28.5 Å². The minimum Gasteiger partial charge on any atom is -0.395 e. The van der Waals surface area contributed by atoms with Gasteiger partial charge in [-0.2, -0.15) is 0 Å². The maximum atomic E-state index is 8.53. The molecular weight excluding hydrogens is 133 g/mol. The van der Waals surface area contributed by atoms with Gasteiger partial charge in [-0.25, -0.2) is 0 Å². The molecule has 2 atom stereocenters. The Morgan fingerprint density at radius 2 is 2.00 bits per heavy atom. The molecule has 2 radical (unpaired) electrons. The molecule has 0 spiro atoms. The number of hydrogen-bond donors (Lipinski definition) is 3. The molecule has 0 bridgehead atoms. The molecule has 0 aliphatic carbocycles. The Labute approximate surface area is 61.4 Å². The molecule has 0 saturated carbocycles. The highest BCUT2D eigenvalue weighted by Crippen LogP contribution is 1.92. The van der Waals surface area contributed by atoms with Crippen LogP contribution in [0.5, 0.6) is 0 Å². The van der Waals surface area contributed by atoms with Gasteiger partial charge in [0, 0.05) is 12.5 Å². The van der Waals surface area contributed by atoms with Gasteiger partial charge in [-0.05, 0) is 0 Å². The largest absolute Gasteiger partial charge is 0.395 e. The second kappa shape index (κ2) is 5.67. The Hall–Kier alpha value is -0.0951. The van der Waals surface area contributed by atoms with E-state index in [2.05, 4.69) is 0 Å². The summed E-state index contributed by atoms with van der Waals surface area (Å²) in [6.07, 6.45) is -0.470. The first kappa shape index (κ1) is 9.90. The highest BCUT2D eigenvalue weighted by molar-refractivity contribution is 6.11. The van der Waals surface area contributed by atoms with Crippen LogP contribution < -0.4 is 5.73 Å². The summed E-state index contributed by atoms with van der Waals surface area (Å²) in [5.74, 6) is 0. The summed E-state index contributed by atoms with van der Waals surface area (Å²) in [6, 6.07) is -0.749. The van der Waals surface area contributed by atoms with E-state index >= 15 is 0 Å². The molecule has 0 fully saturated rings. The van der Waals surface area contributed by atoms with Crippen molar-refractivity contribution >= 4 is 7.85 Å². The number of aliphatic hydroxyl groups excluding tert-OH is 2. The van der Waals surface area contributed by atoms with Crippen LogP contribution in [0.2, 0.25) is 0 Å². The van der Waals surface area contributed by atoms with Gasteiger partial charge < -0.3 is 20.7 Å². The van der Waals surface area contributed by atoms with Crippen LogP contribution in [0.15, 0.2) is 0 Å². The lowest BCUT2D eigenvalue weighted by molar-refractivity contribution is -0.0188. The highest BCUT2D eigenvalue weighted by Gasteiger charge is 2.08. The van der Waals surface area contributed by atoms with Crippen molar-refractivity contribution in [3.63, 3.8) is 0 Å². The Bertz CT molecular complexity index is 79.3. The third-order valence-electron chi connectivity index (χ3n) is 1.01. The Morgan fingerprint density at radius 3 is 2.30 bits per heavy atom. The minimum atomic E-state index is -0.749. The third kappa shape index (κ3) is 3.84. The van der Waals surface area contributed by atoms with Crippen molar-refractivity contribution < 1.29 is 14.9 Å². The maximum absolute atomic E-state index is 8.53. The van der Waals surface area contributed by atoms with Crippen LogP contribution in [0.3, 0.4) is 0 Å². The average molecular weight is 145 g/mol. The summed E-state index contributed by atoms with van der Waals surface area (Å²) in [6.45, 7) is -0.245. The van der Waals surface area contributed by atoms with Gasteiger partial charge in [0.15, 0.2) is 0 Å². The topological polar surface area (TPSA) is 75.7 Å². The normalized spacial score (nSPS) is 16.7. The molecule has 0 aromatic heterocycles. The lowest BCUT2D eigenvalue weighted by Gasteiger charge is -2.17. The predicted octanol–water partition coefficient (Wildman–Crippen LogP) is -2.19. The minimum absolute atomic E-state index is 0.176. The van der Waals surface area contributed by atoms with E-state index < -0.39 is 12.1 Å². The van der Waals surface area contributed by atoms with Crippen LogP contribution in [0.4, 0.5) is 0 Å². The zero-order valence-electron chi connectivity index (χ0n) is 5.73. The van der Waals surface area contributed by atoms with Crippen LogP contribution in [0.25, 0.3) is 0 Å². The van der Waals surface area contributed by atoms with Gasteiger partial charge in [0.25, 0.3) is 0 Å². The molecule has 0 unspecified atom stereocenters. The van der Waals surface area contributed by atoms with E-state index in [1.165, 1.54) is 0 Å². The van der Waals surface area contributed by atoms with E-state index in [9.17, 15) is 0 Å². The SMILES string of the molecule is [B][C@@H](CO)O[C@H](CN)CO. The van der Waals surface area contributed by atoms with E-state index in [0.717, 1.165) is 0 Å². The Morgan fingerprint density at radius 1 is 1.40 bits per heavy atom. The van der Waals surface area contributed by atoms with E-state index in [0.29, 0.717) is 0 Å². The van der Waals surface area contributed by atoms with Gasteiger partial charge in [-0.15, -0.1) is 0 Å². The number of nitrogens with two attached hydrogens (primary N) is 1. The van der Waals surface area contributed by atoms with Gasteiger partial charge in [0.05, 0.1) is 19.3 Å². The monoisotopic (exact) mass is 145 g/mol. The van der Waals surface area contributed by atoms with E-state index in [1.807, 2.05) is 0 Å². The fourth-order valence-corrected chi connectivity index (χ4v) is 0.463. The van der Waals surface area contributed by atoms with Crippen molar-refractivity contribution in [1.82, 2.24) is 0 Å². The Balaban J connectivity index is 3.41. The van der Waals surface area contributed by atoms with Gasteiger partial charge in [0.1, 0.15) is 7.85 Å². The summed E-state index contributed by atoms with van der Waals surface area (Å²) in [4.78, 5) is 0. The van der Waals surface area contributed by atoms with Crippen LogP contribution in [0.1, 0.15) is 0 Å². The lowest BCUT2D eigenvalue weighted by Crippen LogP contribution is -2.33. The Kier molecular flexibility index (Phi) is 5.62. The number of hydrogen-bond acceptors (Lipinski definition) is 4. The lowest BCUT2D eigenvalue weighted by atomic mass is 10.0. The van der Waals surface area contributed by atoms with E-state index in [1.54, 1.807) is 0 Å². The summed E-state index contributed by atoms with van der Waals surface area (Å²) < 4.78 is 4.85. The molecule has 0 rings (SSSR count). The summed E-state index contributed by atoms with van der Waals surface area (Å²) in [5, 5.41) is 16.9. The van der Waals surface area contributed by atoms with Crippen molar-refractivity contribution in [3.8, 4) is 0 Å². The smallest absolute Gasteiger partial charge is 0.112 e. The molecule has 4 N–H and O–H groups in total. The fourth-order valence-electron chi connectivity index (χ4n) is 0.463. The standard InChI is InChI=1S/C5H12BNO3/c6-5(3-9)10-4(1-7)2-8/h4-5,8-9H,1-3,7H2/t4-,5-/m1/s1. The van der Waals surface area contributed by atoms with Crippen molar-refractivity contribution in [2.75, 3.05) is 19.8 Å². The summed E-state index contributed by atoms with van der Waals surface area (Å²) >= 11 is 0. The first-order chi connectivity index (χ1) is 4.74. The molecule has 0 aliphatic rings. The van der Waals surface area contributed by atoms with Crippen molar-refractivity contribution in [2.24, 2.45) is 5.73 Å². The molecule has 0 amide bonds. The van der Waals surface area contributed by atoms with Gasteiger partial charge >= 0.3 is 0 Å². The van der Waals surface area contributed by atoms with Crippen LogP contribution in [0, 0.1) is 0 Å². The molecule has 5 heteroatoms. The average Bonchev–Trinajstić information content (AvgIpc) is 1.99. The second-order valence-corrected chi connectivity index (χ2v) is 1.90. The number of ether oxygens (including phenoxy) is 1. The number of rotatable bonds is 5. The molecule has 0 aliphatic heterocycles. The molecule has 10 heavy (non-hydrogen) atoms. The highest BCUT2D eigenvalue weighted by atomic mass is 16.5. The third-order valence-corrected chi connectivity index (χ3v) is 1.01. The quantitative estimate of drug-likeness (QED) is 0.384. The zero-order chi connectivity index (χ0) is 7.98. The van der Waals surface area contributed by atoms with Crippen molar-refractivity contribution in [3.05, 3.63) is 0 Å². The van der Waals surface area contributed by atoms with Crippen LogP contribution >= 0.6 is 0 Å². The van der Waals surface area contributed by atoms with Crippen molar-refractivity contribution in [1.29, 1.82) is 0 Å². The molecule has 4 nitrogen and oxygen atoms in total. The second-order valence-electron chi connectivity index (χ2n) is 1.90. The molecule has 0 aromatic carbocycles. The van der Waals surface area contributed by atoms with Gasteiger partial charge in [-0.3, -0.25) is 0 Å². The van der Waals surface area contributed by atoms with Crippen LogP contribution in [-0.2, 0) is 4.74 Å². The fraction of sp³-hybridized carbons (Fsp3) is 1.00. The number of aliphatic hydroxyl groups is 2. The van der Waals surface area contributed by atoms with E-state index in [-0.39, 0.29) is 19.8 Å². The maximum Gasteiger partial charge on any atom is 0.112 e.